The van der Waals surface area contributed by atoms with Crippen molar-refractivity contribution in [3.63, 3.8) is 0 Å². The third-order valence-corrected chi connectivity index (χ3v) is 9.30. The predicted molar refractivity (Wildman–Crippen MR) is 162 cm³/mol. The quantitative estimate of drug-likeness (QED) is 0.173. The Hall–Kier alpha value is -3.48. The van der Waals surface area contributed by atoms with Crippen LogP contribution in [0.4, 0.5) is 26.3 Å². The Morgan fingerprint density at radius 1 is 0.682 bits per heavy atom. The number of ether oxygens (including phenoxy) is 1. The Morgan fingerprint density at radius 2 is 1.27 bits per heavy atom. The van der Waals surface area contributed by atoms with Crippen molar-refractivity contribution in [3.8, 4) is 5.75 Å². The van der Waals surface area contributed by atoms with Gasteiger partial charge in [-0.05, 0) is 123 Å². The van der Waals surface area contributed by atoms with Crippen LogP contribution in [0.15, 0.2) is 54.6 Å². The standard InChI is InChI=1S/C37H38F6O/c1-3-5-6-7-26-16-17-27(33(39)32(26)38)22-8-10-23(11-9-22)28-18-19-29(35(41)34(28)40)24-12-14-25(15-13-24)30-20-21-31(44-4-2)37(43)36(30)42/h3,5,8,16-21,23-25H,4,6-7,9-15H2,1-2H3. The van der Waals surface area contributed by atoms with E-state index in [2.05, 4.69) is 0 Å². The molecule has 3 aromatic rings. The van der Waals surface area contributed by atoms with Crippen LogP contribution in [-0.4, -0.2) is 6.61 Å². The van der Waals surface area contributed by atoms with Crippen molar-refractivity contribution in [3.05, 3.63) is 117 Å². The molecule has 0 aliphatic heterocycles. The van der Waals surface area contributed by atoms with E-state index >= 15 is 8.78 Å². The zero-order valence-corrected chi connectivity index (χ0v) is 25.2. The minimum atomic E-state index is -0.995. The molecule has 3 aromatic carbocycles. The van der Waals surface area contributed by atoms with Crippen molar-refractivity contribution in [1.29, 1.82) is 0 Å². The lowest BCUT2D eigenvalue weighted by Crippen LogP contribution is -2.16. The molecule has 0 N–H and O–H groups in total. The van der Waals surface area contributed by atoms with E-state index in [1.165, 1.54) is 6.07 Å². The highest BCUT2D eigenvalue weighted by Crippen LogP contribution is 2.45. The lowest BCUT2D eigenvalue weighted by molar-refractivity contribution is 0.310. The van der Waals surface area contributed by atoms with Gasteiger partial charge in [0.1, 0.15) is 0 Å². The second-order valence-corrected chi connectivity index (χ2v) is 11.8. The summed E-state index contributed by atoms with van der Waals surface area (Å²) >= 11 is 0. The second-order valence-electron chi connectivity index (χ2n) is 11.8. The van der Waals surface area contributed by atoms with Gasteiger partial charge < -0.3 is 4.74 Å². The van der Waals surface area contributed by atoms with Gasteiger partial charge in [0.25, 0.3) is 0 Å². The molecule has 1 saturated carbocycles. The van der Waals surface area contributed by atoms with Gasteiger partial charge in [-0.3, -0.25) is 0 Å². The van der Waals surface area contributed by atoms with Crippen LogP contribution in [0.5, 0.6) is 5.75 Å². The summed E-state index contributed by atoms with van der Waals surface area (Å²) in [5, 5.41) is 0. The molecule has 0 aromatic heterocycles. The van der Waals surface area contributed by atoms with Crippen LogP contribution in [0.25, 0.3) is 5.57 Å². The number of allylic oxidation sites excluding steroid dienone is 4. The first kappa shape index (κ1) is 31.9. The maximum atomic E-state index is 15.4. The largest absolute Gasteiger partial charge is 0.491 e. The summed E-state index contributed by atoms with van der Waals surface area (Å²) in [7, 11) is 0. The molecule has 0 spiro atoms. The van der Waals surface area contributed by atoms with Crippen molar-refractivity contribution in [2.24, 2.45) is 0 Å². The highest BCUT2D eigenvalue weighted by molar-refractivity contribution is 5.67. The highest BCUT2D eigenvalue weighted by atomic mass is 19.2. The molecule has 7 heteroatoms. The van der Waals surface area contributed by atoms with Gasteiger partial charge in [-0.25, -0.2) is 22.0 Å². The van der Waals surface area contributed by atoms with E-state index in [9.17, 15) is 17.6 Å². The lowest BCUT2D eigenvalue weighted by Gasteiger charge is -2.30. The molecule has 5 rings (SSSR count). The van der Waals surface area contributed by atoms with Gasteiger partial charge in [0.05, 0.1) is 6.61 Å². The predicted octanol–water partition coefficient (Wildman–Crippen LogP) is 11.2. The summed E-state index contributed by atoms with van der Waals surface area (Å²) in [6, 6.07) is 9.53. The zero-order chi connectivity index (χ0) is 31.4. The van der Waals surface area contributed by atoms with Gasteiger partial charge in [-0.2, -0.15) is 4.39 Å². The first-order valence-corrected chi connectivity index (χ1v) is 15.6. The van der Waals surface area contributed by atoms with Crippen molar-refractivity contribution in [2.45, 2.75) is 89.4 Å². The van der Waals surface area contributed by atoms with Gasteiger partial charge in [0.15, 0.2) is 34.8 Å². The maximum Gasteiger partial charge on any atom is 0.200 e. The minimum absolute atomic E-state index is 0.115. The van der Waals surface area contributed by atoms with Gasteiger partial charge in [-0.15, -0.1) is 0 Å². The van der Waals surface area contributed by atoms with Gasteiger partial charge in [0.2, 0.25) is 5.82 Å². The summed E-state index contributed by atoms with van der Waals surface area (Å²) in [6.45, 7) is 3.81. The summed E-state index contributed by atoms with van der Waals surface area (Å²) in [4.78, 5) is 0. The highest BCUT2D eigenvalue weighted by Gasteiger charge is 2.31. The Balaban J connectivity index is 1.25. The average molecular weight is 613 g/mol. The molecule has 44 heavy (non-hydrogen) atoms. The van der Waals surface area contributed by atoms with Crippen LogP contribution >= 0.6 is 0 Å². The molecule has 0 heterocycles. The van der Waals surface area contributed by atoms with E-state index in [4.69, 9.17) is 4.74 Å². The minimum Gasteiger partial charge on any atom is -0.491 e. The number of benzene rings is 3. The zero-order valence-electron chi connectivity index (χ0n) is 25.2. The van der Waals surface area contributed by atoms with Crippen molar-refractivity contribution >= 4 is 5.57 Å². The van der Waals surface area contributed by atoms with Gasteiger partial charge in [0, 0.05) is 5.56 Å². The first-order valence-electron chi connectivity index (χ1n) is 15.6. The average Bonchev–Trinajstić information content (AvgIpc) is 3.03. The normalized spacial score (nSPS) is 20.6. The molecule has 0 saturated heterocycles. The van der Waals surface area contributed by atoms with Crippen LogP contribution in [0, 0.1) is 34.9 Å². The topological polar surface area (TPSA) is 9.23 Å². The maximum absolute atomic E-state index is 15.4. The summed E-state index contributed by atoms with van der Waals surface area (Å²) in [6.07, 6.45) is 10.1. The van der Waals surface area contributed by atoms with Crippen LogP contribution < -0.4 is 4.74 Å². The molecule has 2 aliphatic rings. The molecule has 2 aliphatic carbocycles. The van der Waals surface area contributed by atoms with Crippen LogP contribution in [0.3, 0.4) is 0 Å². The Bertz CT molecular complexity index is 1550. The van der Waals surface area contributed by atoms with Crippen LogP contribution in [0.1, 0.15) is 111 Å². The van der Waals surface area contributed by atoms with Crippen LogP contribution in [0.2, 0.25) is 0 Å². The van der Waals surface area contributed by atoms with Crippen molar-refractivity contribution in [1.82, 2.24) is 0 Å². The number of aryl methyl sites for hydroxylation is 1. The van der Waals surface area contributed by atoms with Crippen molar-refractivity contribution < 1.29 is 31.1 Å². The second kappa shape index (κ2) is 14.1. The van der Waals surface area contributed by atoms with Gasteiger partial charge >= 0.3 is 0 Å². The van der Waals surface area contributed by atoms with E-state index in [0.717, 1.165) is 0 Å². The molecule has 0 amide bonds. The number of halogens is 6. The van der Waals surface area contributed by atoms with E-state index < -0.39 is 34.9 Å². The smallest absolute Gasteiger partial charge is 0.200 e. The molecule has 1 unspecified atom stereocenters. The third-order valence-electron chi connectivity index (χ3n) is 9.30. The fourth-order valence-corrected chi connectivity index (χ4v) is 6.85. The summed E-state index contributed by atoms with van der Waals surface area (Å²) in [5.41, 5.74) is 2.12. The fraction of sp³-hybridized carbons (Fsp3) is 0.405. The Labute approximate surface area is 255 Å². The third kappa shape index (κ3) is 6.47. The van der Waals surface area contributed by atoms with E-state index in [0.29, 0.717) is 80.1 Å². The van der Waals surface area contributed by atoms with Crippen LogP contribution in [-0.2, 0) is 6.42 Å². The Kier molecular flexibility index (Phi) is 10.2. The monoisotopic (exact) mass is 612 g/mol. The summed E-state index contributed by atoms with van der Waals surface area (Å²) in [5.74, 6) is -6.14. The molecule has 1 fully saturated rings. The number of rotatable bonds is 9. The molecule has 1 atom stereocenters. The van der Waals surface area contributed by atoms with Gasteiger partial charge in [-0.1, -0.05) is 48.6 Å². The number of hydrogen-bond acceptors (Lipinski definition) is 1. The molecular formula is C37H38F6O. The lowest BCUT2D eigenvalue weighted by atomic mass is 9.75. The van der Waals surface area contributed by atoms with Crippen molar-refractivity contribution in [2.75, 3.05) is 6.61 Å². The Morgan fingerprint density at radius 3 is 1.84 bits per heavy atom. The molecule has 1 nitrogen and oxygen atoms in total. The summed E-state index contributed by atoms with van der Waals surface area (Å²) < 4.78 is 94.8. The molecule has 0 bridgehead atoms. The molecule has 0 radical (unpaired) electrons. The first-order chi connectivity index (χ1) is 21.2. The van der Waals surface area contributed by atoms with E-state index in [1.54, 1.807) is 43.3 Å². The van der Waals surface area contributed by atoms with E-state index in [-0.39, 0.29) is 41.2 Å². The SMILES string of the molecule is CC=CCCc1ccc(C2=CCC(c3ccc(C4CCC(c5ccc(OCC)c(F)c5F)CC4)c(F)c3F)CC2)c(F)c1F. The molecular weight excluding hydrogens is 574 g/mol. The van der Waals surface area contributed by atoms with E-state index in [1.807, 2.05) is 19.1 Å². The fourth-order valence-electron chi connectivity index (χ4n) is 6.85. The number of hydrogen-bond donors (Lipinski definition) is 0. The molecule has 234 valence electrons.